The smallest absolute Gasteiger partial charge is 0.219 e. The first-order valence-corrected chi connectivity index (χ1v) is 4.77. The molecule has 0 saturated carbocycles. The van der Waals surface area contributed by atoms with Crippen LogP contribution in [0.25, 0.3) is 0 Å². The molecule has 0 aliphatic carbocycles. The van der Waals surface area contributed by atoms with Gasteiger partial charge in [-0.25, -0.2) is 4.98 Å². The Bertz CT molecular complexity index is 456. The number of hydrogen-bond acceptors (Lipinski definition) is 3. The molecular formula is C11H9ClN2O. The van der Waals surface area contributed by atoms with Crippen molar-refractivity contribution in [2.24, 2.45) is 0 Å². The maximum atomic E-state index is 5.82. The molecule has 0 amide bonds. The topological polar surface area (TPSA) is 48.1 Å². The molecule has 4 heteroatoms. The van der Waals surface area contributed by atoms with Crippen molar-refractivity contribution in [2.45, 2.75) is 0 Å². The van der Waals surface area contributed by atoms with Crippen LogP contribution in [-0.2, 0) is 0 Å². The van der Waals surface area contributed by atoms with Crippen LogP contribution in [0.15, 0.2) is 42.6 Å². The molecule has 2 N–H and O–H groups in total. The number of aromatic nitrogens is 1. The lowest BCUT2D eigenvalue weighted by molar-refractivity contribution is 0.463. The predicted molar refractivity (Wildman–Crippen MR) is 60.2 cm³/mol. The van der Waals surface area contributed by atoms with Crippen molar-refractivity contribution in [1.29, 1.82) is 0 Å². The lowest BCUT2D eigenvalue weighted by atomic mass is 10.3. The number of nitrogens with zero attached hydrogens (tertiary/aromatic N) is 1. The van der Waals surface area contributed by atoms with Gasteiger partial charge in [-0.15, -0.1) is 0 Å². The number of halogens is 1. The summed E-state index contributed by atoms with van der Waals surface area (Å²) in [5.41, 5.74) is 6.11. The van der Waals surface area contributed by atoms with E-state index in [2.05, 4.69) is 4.98 Å². The molecule has 0 bridgehead atoms. The molecule has 0 fully saturated rings. The van der Waals surface area contributed by atoms with Crippen LogP contribution in [0.3, 0.4) is 0 Å². The quantitative estimate of drug-likeness (QED) is 0.846. The maximum Gasteiger partial charge on any atom is 0.219 e. The van der Waals surface area contributed by atoms with Gasteiger partial charge in [0.05, 0.1) is 11.9 Å². The monoisotopic (exact) mass is 220 g/mol. The Morgan fingerprint density at radius 2 is 2.07 bits per heavy atom. The Balaban J connectivity index is 2.18. The lowest BCUT2D eigenvalue weighted by Crippen LogP contribution is -1.90. The SMILES string of the molecule is Nc1ccc(Oc2cccc(Cl)c2)nc1. The third kappa shape index (κ3) is 2.60. The van der Waals surface area contributed by atoms with Crippen LogP contribution in [0, 0.1) is 0 Å². The molecule has 1 aromatic heterocycles. The lowest BCUT2D eigenvalue weighted by Gasteiger charge is -2.04. The molecule has 76 valence electrons. The molecule has 0 aliphatic heterocycles. The van der Waals surface area contributed by atoms with Crippen molar-refractivity contribution in [3.63, 3.8) is 0 Å². The first-order valence-electron chi connectivity index (χ1n) is 4.39. The van der Waals surface area contributed by atoms with Gasteiger partial charge < -0.3 is 10.5 Å². The Morgan fingerprint density at radius 3 is 2.73 bits per heavy atom. The van der Waals surface area contributed by atoms with Crippen LogP contribution < -0.4 is 10.5 Å². The normalized spacial score (nSPS) is 9.93. The summed E-state index contributed by atoms with van der Waals surface area (Å²) >= 11 is 5.82. The Morgan fingerprint density at radius 1 is 1.20 bits per heavy atom. The minimum Gasteiger partial charge on any atom is -0.439 e. The van der Waals surface area contributed by atoms with Gasteiger partial charge >= 0.3 is 0 Å². The highest BCUT2D eigenvalue weighted by atomic mass is 35.5. The number of nitrogen functional groups attached to an aromatic ring is 1. The van der Waals surface area contributed by atoms with E-state index in [0.29, 0.717) is 22.3 Å². The van der Waals surface area contributed by atoms with E-state index in [1.807, 2.05) is 12.1 Å². The molecular weight excluding hydrogens is 212 g/mol. The van der Waals surface area contributed by atoms with E-state index in [9.17, 15) is 0 Å². The Labute approximate surface area is 92.5 Å². The summed E-state index contributed by atoms with van der Waals surface area (Å²) < 4.78 is 5.46. The summed E-state index contributed by atoms with van der Waals surface area (Å²) in [4.78, 5) is 4.01. The number of hydrogen-bond donors (Lipinski definition) is 1. The van der Waals surface area contributed by atoms with Crippen molar-refractivity contribution in [3.8, 4) is 11.6 Å². The molecule has 1 aromatic carbocycles. The molecule has 15 heavy (non-hydrogen) atoms. The fourth-order valence-corrected chi connectivity index (χ4v) is 1.28. The number of rotatable bonds is 2. The second-order valence-electron chi connectivity index (χ2n) is 2.99. The average molecular weight is 221 g/mol. The van der Waals surface area contributed by atoms with Gasteiger partial charge in [-0.05, 0) is 24.3 Å². The summed E-state index contributed by atoms with van der Waals surface area (Å²) in [5, 5.41) is 0.628. The van der Waals surface area contributed by atoms with Crippen LogP contribution in [-0.4, -0.2) is 4.98 Å². The fraction of sp³-hybridized carbons (Fsp3) is 0. The van der Waals surface area contributed by atoms with Crippen LogP contribution in [0.4, 0.5) is 5.69 Å². The number of ether oxygens (including phenoxy) is 1. The van der Waals surface area contributed by atoms with Crippen molar-refractivity contribution >= 4 is 17.3 Å². The molecule has 2 aromatic rings. The highest BCUT2D eigenvalue weighted by Gasteiger charge is 1.98. The zero-order valence-electron chi connectivity index (χ0n) is 7.85. The minimum atomic E-state index is 0.492. The molecule has 0 aliphatic rings. The van der Waals surface area contributed by atoms with Crippen molar-refractivity contribution in [3.05, 3.63) is 47.6 Å². The van der Waals surface area contributed by atoms with Crippen molar-refractivity contribution in [1.82, 2.24) is 4.98 Å². The van der Waals surface area contributed by atoms with Gasteiger partial charge in [0.1, 0.15) is 5.75 Å². The zero-order chi connectivity index (χ0) is 10.7. The average Bonchev–Trinajstić information content (AvgIpc) is 2.22. The van der Waals surface area contributed by atoms with Crippen molar-refractivity contribution < 1.29 is 4.74 Å². The van der Waals surface area contributed by atoms with Gasteiger partial charge in [0.2, 0.25) is 5.88 Å². The minimum absolute atomic E-state index is 0.492. The van der Waals surface area contributed by atoms with Crippen LogP contribution in [0.5, 0.6) is 11.6 Å². The van der Waals surface area contributed by atoms with Crippen LogP contribution >= 0.6 is 11.6 Å². The molecule has 0 saturated heterocycles. The van der Waals surface area contributed by atoms with E-state index >= 15 is 0 Å². The Hall–Kier alpha value is -1.74. The zero-order valence-corrected chi connectivity index (χ0v) is 8.61. The van der Waals surface area contributed by atoms with Gasteiger partial charge in [0.15, 0.2) is 0 Å². The number of benzene rings is 1. The number of pyridine rings is 1. The highest BCUT2D eigenvalue weighted by molar-refractivity contribution is 6.30. The fourth-order valence-electron chi connectivity index (χ4n) is 1.10. The first kappa shape index (κ1) is 9.80. The number of anilines is 1. The third-order valence-corrected chi connectivity index (χ3v) is 2.01. The van der Waals surface area contributed by atoms with Gasteiger partial charge in [0, 0.05) is 11.1 Å². The van der Waals surface area contributed by atoms with E-state index in [4.69, 9.17) is 22.1 Å². The standard InChI is InChI=1S/C11H9ClN2O/c12-8-2-1-3-10(6-8)15-11-5-4-9(13)7-14-11/h1-7H,13H2. The second-order valence-corrected chi connectivity index (χ2v) is 3.43. The van der Waals surface area contributed by atoms with Gasteiger partial charge in [0.25, 0.3) is 0 Å². The second kappa shape index (κ2) is 4.19. The van der Waals surface area contributed by atoms with Gasteiger partial charge in [-0.1, -0.05) is 17.7 Å². The van der Waals surface area contributed by atoms with E-state index in [1.165, 1.54) is 0 Å². The largest absolute Gasteiger partial charge is 0.439 e. The van der Waals surface area contributed by atoms with E-state index < -0.39 is 0 Å². The van der Waals surface area contributed by atoms with E-state index in [1.54, 1.807) is 30.5 Å². The molecule has 0 spiro atoms. The van der Waals surface area contributed by atoms with Crippen LogP contribution in [0.2, 0.25) is 5.02 Å². The molecule has 0 radical (unpaired) electrons. The van der Waals surface area contributed by atoms with Crippen LogP contribution in [0.1, 0.15) is 0 Å². The molecule has 0 atom stereocenters. The summed E-state index contributed by atoms with van der Waals surface area (Å²) in [5.74, 6) is 1.14. The summed E-state index contributed by atoms with van der Waals surface area (Å²) in [6.07, 6.45) is 1.54. The summed E-state index contributed by atoms with van der Waals surface area (Å²) in [7, 11) is 0. The molecule has 1 heterocycles. The van der Waals surface area contributed by atoms with Gasteiger partial charge in [-0.2, -0.15) is 0 Å². The third-order valence-electron chi connectivity index (χ3n) is 1.78. The highest BCUT2D eigenvalue weighted by Crippen LogP contribution is 2.22. The first-order chi connectivity index (χ1) is 7.24. The molecule has 3 nitrogen and oxygen atoms in total. The predicted octanol–water partition coefficient (Wildman–Crippen LogP) is 3.11. The van der Waals surface area contributed by atoms with E-state index in [0.717, 1.165) is 0 Å². The van der Waals surface area contributed by atoms with Gasteiger partial charge in [-0.3, -0.25) is 0 Å². The molecule has 2 rings (SSSR count). The molecule has 0 unspecified atom stereocenters. The summed E-state index contributed by atoms with van der Waals surface area (Å²) in [6.45, 7) is 0. The maximum absolute atomic E-state index is 5.82. The van der Waals surface area contributed by atoms with E-state index in [-0.39, 0.29) is 0 Å². The van der Waals surface area contributed by atoms with Crippen molar-refractivity contribution in [2.75, 3.05) is 5.73 Å². The summed E-state index contributed by atoms with van der Waals surface area (Å²) in [6, 6.07) is 10.6. The number of nitrogens with two attached hydrogens (primary N) is 1. The Kier molecular flexibility index (Phi) is 2.74.